The van der Waals surface area contributed by atoms with Gasteiger partial charge < -0.3 is 20.1 Å². The number of piperidine rings is 1. The first kappa shape index (κ1) is 39.1. The normalized spacial score (nSPS) is 43.1. The number of hydrogen-bond acceptors (Lipinski definition) is 5. The molecule has 5 unspecified atom stereocenters. The van der Waals surface area contributed by atoms with Gasteiger partial charge in [0.05, 0.1) is 17.3 Å². The van der Waals surface area contributed by atoms with E-state index < -0.39 is 17.4 Å². The van der Waals surface area contributed by atoms with E-state index in [0.717, 1.165) is 83.7 Å². The molecule has 2 amide bonds. The van der Waals surface area contributed by atoms with E-state index in [2.05, 4.69) is 51.8 Å². The lowest BCUT2D eigenvalue weighted by Crippen LogP contribution is -2.65. The Morgan fingerprint density at radius 2 is 1.36 bits per heavy atom. The van der Waals surface area contributed by atoms with Gasteiger partial charge in [-0.2, -0.15) is 0 Å². The summed E-state index contributed by atoms with van der Waals surface area (Å²) in [5.74, 6) is 1.92. The molecule has 6 saturated carbocycles. The quantitative estimate of drug-likeness (QED) is 0.253. The molecule has 6 aliphatic carbocycles. The number of rotatable bonds is 7. The number of carbonyl (C=O) groups excluding carboxylic acids is 3. The molecule has 53 heavy (non-hydrogen) atoms. The Morgan fingerprint density at radius 3 is 2.02 bits per heavy atom. The van der Waals surface area contributed by atoms with E-state index >= 15 is 0 Å². The predicted octanol–water partition coefficient (Wildman–Crippen LogP) is 8.80. The monoisotopic (exact) mass is 737 g/mol. The molecule has 2 N–H and O–H groups in total. The van der Waals surface area contributed by atoms with Crippen LogP contribution in [0.5, 0.6) is 0 Å². The van der Waals surface area contributed by atoms with E-state index in [-0.39, 0.29) is 51.6 Å². The average Bonchev–Trinajstić information content (AvgIpc) is 3.47. The molecule has 0 radical (unpaired) electrons. The van der Waals surface area contributed by atoms with Gasteiger partial charge in [0.15, 0.2) is 0 Å². The third-order valence-electron chi connectivity index (χ3n) is 18.2. The van der Waals surface area contributed by atoms with Crippen LogP contribution in [0.2, 0.25) is 0 Å². The van der Waals surface area contributed by atoms with E-state index in [1.807, 2.05) is 0 Å². The van der Waals surface area contributed by atoms with Gasteiger partial charge in [-0.15, -0.1) is 0 Å². The topological polar surface area (TPSA) is 113 Å². The lowest BCUT2D eigenvalue weighted by molar-refractivity contribution is -0.191. The first-order valence-electron chi connectivity index (χ1n) is 21.8. The highest BCUT2D eigenvalue weighted by molar-refractivity contribution is 5.86. The van der Waals surface area contributed by atoms with Crippen LogP contribution in [0.1, 0.15) is 165 Å². The Morgan fingerprint density at radius 1 is 0.717 bits per heavy atom. The molecule has 0 aromatic carbocycles. The van der Waals surface area contributed by atoms with E-state index in [1.165, 1.54) is 32.1 Å². The van der Waals surface area contributed by atoms with Crippen molar-refractivity contribution in [1.29, 1.82) is 0 Å². The Hall–Kier alpha value is -2.12. The Kier molecular flexibility index (Phi) is 9.98. The molecular weight excluding hydrogens is 665 g/mol. The zero-order chi connectivity index (χ0) is 38.4. The van der Waals surface area contributed by atoms with Crippen LogP contribution in [0, 0.1) is 68.0 Å². The van der Waals surface area contributed by atoms with Gasteiger partial charge in [0.2, 0.25) is 11.8 Å². The summed E-state index contributed by atoms with van der Waals surface area (Å²) in [6.07, 6.45) is 17.2. The molecule has 8 heteroatoms. The molecule has 0 aromatic heterocycles. The molecular formula is C45H72N2O6. The minimum atomic E-state index is -1.14. The van der Waals surface area contributed by atoms with Crippen molar-refractivity contribution < 1.29 is 29.0 Å². The zero-order valence-corrected chi connectivity index (χ0v) is 34.5. The number of carboxylic acid groups (broad SMARTS) is 1. The molecule has 7 fully saturated rings. The number of fused-ring (bicyclic) bond motifs is 7. The highest BCUT2D eigenvalue weighted by atomic mass is 16.5. The molecule has 7 aliphatic rings. The number of ether oxygens (including phenoxy) is 1. The molecule has 8 nitrogen and oxygen atoms in total. The maximum atomic E-state index is 14.6. The fraction of sp³-hybridized carbons (Fsp3) is 0.911. The number of likely N-dealkylation sites (tertiary alicyclic amines) is 1. The molecule has 0 spiro atoms. The van der Waals surface area contributed by atoms with Gasteiger partial charge in [0, 0.05) is 30.5 Å². The summed E-state index contributed by atoms with van der Waals surface area (Å²) < 4.78 is 6.19. The maximum absolute atomic E-state index is 14.6. The number of aliphatic carboxylic acids is 1. The second kappa shape index (κ2) is 13.5. The first-order chi connectivity index (χ1) is 24.8. The molecule has 1 saturated heterocycles. The molecule has 1 aliphatic heterocycles. The van der Waals surface area contributed by atoms with Crippen LogP contribution in [0.25, 0.3) is 0 Å². The van der Waals surface area contributed by atoms with Gasteiger partial charge in [0.1, 0.15) is 6.10 Å². The van der Waals surface area contributed by atoms with Crippen molar-refractivity contribution in [2.75, 3.05) is 13.1 Å². The van der Waals surface area contributed by atoms with Crippen molar-refractivity contribution in [1.82, 2.24) is 10.2 Å². The Bertz CT molecular complexity index is 1460. The van der Waals surface area contributed by atoms with Gasteiger partial charge in [-0.3, -0.25) is 19.2 Å². The van der Waals surface area contributed by atoms with Crippen molar-refractivity contribution in [3.05, 3.63) is 0 Å². The molecule has 0 aromatic rings. The lowest BCUT2D eigenvalue weighted by atomic mass is 9.40. The highest BCUT2D eigenvalue weighted by Crippen LogP contribution is 2.72. The summed E-state index contributed by atoms with van der Waals surface area (Å²) in [6.45, 7) is 19.2. The molecule has 0 bridgehead atoms. The number of carboxylic acids is 1. The summed E-state index contributed by atoms with van der Waals surface area (Å²) in [5.41, 5.74) is -1.46. The third-order valence-corrected chi connectivity index (χ3v) is 18.2. The minimum Gasteiger partial charge on any atom is -0.481 e. The lowest BCUT2D eigenvalue weighted by Gasteiger charge is -2.64. The largest absolute Gasteiger partial charge is 0.481 e. The van der Waals surface area contributed by atoms with E-state index in [4.69, 9.17) is 4.74 Å². The number of hydrogen-bond donors (Lipinski definition) is 2. The van der Waals surface area contributed by atoms with Crippen molar-refractivity contribution in [3.8, 4) is 0 Å². The summed E-state index contributed by atoms with van der Waals surface area (Å²) in [6, 6.07) is 0.0635. The van der Waals surface area contributed by atoms with Crippen molar-refractivity contribution in [3.63, 3.8) is 0 Å². The standard InChI is InChI=1S/C45H72N2O6/c1-40(2,39(51)52)27-36(48)53-35-19-21-44(8)29-17-18-30-31-15-13-20-45(31,23-22-43(30,7)28(29)14-12-16-33(44)42(35,5)6)38(50)46-34-26-32(41(34,3)4)37(49)47-24-10-9-11-25-47/h28-35H,9-27H2,1-8H3,(H,46,50)(H,51,52)/t28-,29?,30?,31?,32+,33?,34?,35-,43-,44+,45-/m0/s1. The number of nitrogens with zero attached hydrogens (tertiary/aromatic N) is 1. The van der Waals surface area contributed by atoms with Crippen LogP contribution in [0.15, 0.2) is 0 Å². The summed E-state index contributed by atoms with van der Waals surface area (Å²) in [5, 5.41) is 13.2. The van der Waals surface area contributed by atoms with Crippen molar-refractivity contribution in [2.24, 2.45) is 68.0 Å². The van der Waals surface area contributed by atoms with Crippen LogP contribution in [0.3, 0.4) is 0 Å². The number of nitrogens with one attached hydrogen (secondary N) is 1. The van der Waals surface area contributed by atoms with Gasteiger partial charge in [0.25, 0.3) is 0 Å². The number of amides is 2. The van der Waals surface area contributed by atoms with E-state index in [1.54, 1.807) is 13.8 Å². The Labute approximate surface area is 320 Å². The SMILES string of the molecule is CC(C)(CC(=O)O[C@H]1CC[C@]2(C)C3CCC4C5CCC[C@]5(C(=O)NC5C[C@H](C(=O)N6CCCCC6)C5(C)C)CC[C@@]4(C)[C@H]3CCCC2C1(C)C)C(=O)O. The van der Waals surface area contributed by atoms with Crippen molar-refractivity contribution >= 4 is 23.8 Å². The van der Waals surface area contributed by atoms with Crippen LogP contribution < -0.4 is 5.32 Å². The van der Waals surface area contributed by atoms with Gasteiger partial charge >= 0.3 is 11.9 Å². The molecule has 1 heterocycles. The smallest absolute Gasteiger partial charge is 0.309 e. The second-order valence-electron chi connectivity index (χ2n) is 21.8. The van der Waals surface area contributed by atoms with Gasteiger partial charge in [-0.25, -0.2) is 0 Å². The third kappa shape index (κ3) is 6.19. The molecule has 298 valence electrons. The van der Waals surface area contributed by atoms with Crippen LogP contribution in [0.4, 0.5) is 0 Å². The zero-order valence-electron chi connectivity index (χ0n) is 34.5. The molecule has 7 rings (SSSR count). The second-order valence-corrected chi connectivity index (χ2v) is 21.8. The van der Waals surface area contributed by atoms with Crippen LogP contribution in [-0.2, 0) is 23.9 Å². The number of carbonyl (C=O) groups is 4. The fourth-order valence-corrected chi connectivity index (χ4v) is 14.7. The number of esters is 1. The van der Waals surface area contributed by atoms with Gasteiger partial charge in [-0.05, 0) is 150 Å². The van der Waals surface area contributed by atoms with E-state index in [0.29, 0.717) is 41.4 Å². The highest BCUT2D eigenvalue weighted by Gasteiger charge is 2.67. The van der Waals surface area contributed by atoms with Crippen molar-refractivity contribution in [2.45, 2.75) is 177 Å². The maximum Gasteiger partial charge on any atom is 0.309 e. The van der Waals surface area contributed by atoms with Crippen LogP contribution >= 0.6 is 0 Å². The fourth-order valence-electron chi connectivity index (χ4n) is 14.7. The summed E-state index contributed by atoms with van der Waals surface area (Å²) >= 11 is 0. The summed E-state index contributed by atoms with van der Waals surface area (Å²) in [7, 11) is 0. The van der Waals surface area contributed by atoms with Gasteiger partial charge in [-0.1, -0.05) is 54.4 Å². The minimum absolute atomic E-state index is 0.00399. The average molecular weight is 737 g/mol. The van der Waals surface area contributed by atoms with E-state index in [9.17, 15) is 24.3 Å². The first-order valence-corrected chi connectivity index (χ1v) is 21.8. The molecule has 11 atom stereocenters. The predicted molar refractivity (Wildman–Crippen MR) is 205 cm³/mol. The van der Waals surface area contributed by atoms with Crippen LogP contribution in [-0.4, -0.2) is 59.0 Å². The summed E-state index contributed by atoms with van der Waals surface area (Å²) in [4.78, 5) is 55.1. The Balaban J connectivity index is 1.04.